The topological polar surface area (TPSA) is 164 Å². The van der Waals surface area contributed by atoms with Crippen molar-refractivity contribution in [3.8, 4) is 34.8 Å². The molecule has 11 heteroatoms. The number of nitrogens with zero attached hydrogens (tertiary/aromatic N) is 7. The molecule has 1 aliphatic rings. The third-order valence-electron chi connectivity index (χ3n) is 6.08. The van der Waals surface area contributed by atoms with Crippen molar-refractivity contribution < 1.29 is 8.42 Å². The van der Waals surface area contributed by atoms with E-state index in [-0.39, 0.29) is 17.4 Å². The summed E-state index contributed by atoms with van der Waals surface area (Å²) >= 11 is 0. The van der Waals surface area contributed by atoms with Crippen molar-refractivity contribution in [1.29, 1.82) is 10.5 Å². The second kappa shape index (κ2) is 7.99. The molecule has 0 aliphatic heterocycles. The van der Waals surface area contributed by atoms with Gasteiger partial charge in [0.25, 0.3) is 10.0 Å². The number of primary sulfonamides is 1. The second-order valence-corrected chi connectivity index (χ2v) is 9.80. The Morgan fingerprint density at radius 3 is 2.65 bits per heavy atom. The fourth-order valence-electron chi connectivity index (χ4n) is 4.34. The summed E-state index contributed by atoms with van der Waals surface area (Å²) in [6, 6.07) is 14.7. The van der Waals surface area contributed by atoms with Gasteiger partial charge in [-0.15, -0.1) is 0 Å². The summed E-state index contributed by atoms with van der Waals surface area (Å²) in [5.74, 6) is -0.0831. The highest BCUT2D eigenvalue weighted by molar-refractivity contribution is 7.89. The molecule has 0 atom stereocenters. The van der Waals surface area contributed by atoms with Gasteiger partial charge in [0.1, 0.15) is 11.4 Å². The van der Waals surface area contributed by atoms with Crippen LogP contribution >= 0.6 is 0 Å². The van der Waals surface area contributed by atoms with E-state index in [0.717, 1.165) is 5.39 Å². The lowest BCUT2D eigenvalue weighted by Crippen LogP contribution is -2.46. The van der Waals surface area contributed by atoms with Crippen molar-refractivity contribution >= 4 is 20.9 Å². The number of hydrogen-bond acceptors (Lipinski definition) is 8. The zero-order valence-electron chi connectivity index (χ0n) is 17.8. The van der Waals surface area contributed by atoms with Gasteiger partial charge in [-0.2, -0.15) is 15.6 Å². The van der Waals surface area contributed by atoms with E-state index in [1.54, 1.807) is 23.0 Å². The number of fused-ring (bicyclic) bond motifs is 1. The molecule has 0 bridgehead atoms. The molecule has 2 N–H and O–H groups in total. The number of rotatable bonds is 5. The van der Waals surface area contributed by atoms with E-state index in [2.05, 4.69) is 22.1 Å². The number of sulfonamides is 1. The summed E-state index contributed by atoms with van der Waals surface area (Å²) in [5.41, 5.74) is 2.53. The Labute approximate surface area is 195 Å². The van der Waals surface area contributed by atoms with E-state index >= 15 is 0 Å². The van der Waals surface area contributed by atoms with Crippen molar-refractivity contribution in [2.75, 3.05) is 0 Å². The van der Waals surface area contributed by atoms with Gasteiger partial charge in [0, 0.05) is 29.5 Å². The molecule has 5 rings (SSSR count). The summed E-state index contributed by atoms with van der Waals surface area (Å²) in [6.07, 6.45) is 6.32. The van der Waals surface area contributed by atoms with Crippen LogP contribution in [0, 0.1) is 28.6 Å². The summed E-state index contributed by atoms with van der Waals surface area (Å²) in [5, 5.41) is 29.0. The van der Waals surface area contributed by atoms with Crippen LogP contribution in [0.1, 0.15) is 19.3 Å². The van der Waals surface area contributed by atoms with Crippen LogP contribution in [0.5, 0.6) is 0 Å². The van der Waals surface area contributed by atoms with Gasteiger partial charge in [0.05, 0.1) is 41.2 Å². The highest BCUT2D eigenvalue weighted by Crippen LogP contribution is 2.46. The highest BCUT2D eigenvalue weighted by atomic mass is 32.2. The van der Waals surface area contributed by atoms with Gasteiger partial charge in [-0.1, -0.05) is 0 Å². The molecule has 4 aromatic rings. The molecule has 0 unspecified atom stereocenters. The van der Waals surface area contributed by atoms with Crippen LogP contribution in [0.3, 0.4) is 0 Å². The van der Waals surface area contributed by atoms with Crippen LogP contribution in [0.2, 0.25) is 0 Å². The number of hydrogen-bond donors (Lipinski definition) is 1. The molecule has 0 saturated heterocycles. The Bertz CT molecular complexity index is 1590. The first-order chi connectivity index (χ1) is 16.3. The summed E-state index contributed by atoms with van der Waals surface area (Å²) in [4.78, 5) is 13.2. The first kappa shape index (κ1) is 21.6. The quantitative estimate of drug-likeness (QED) is 0.465. The van der Waals surface area contributed by atoms with Crippen LogP contribution < -0.4 is 5.14 Å². The maximum atomic E-state index is 11.5. The minimum absolute atomic E-state index is 0.0831. The zero-order chi connectivity index (χ0) is 23.9. The fraction of sp³-hybridized carbons (Fsp3) is 0.217. The molecular formula is C23H18N8O2S. The fourth-order valence-corrected chi connectivity index (χ4v) is 4.80. The molecule has 1 aliphatic carbocycles. The summed E-state index contributed by atoms with van der Waals surface area (Å²) in [6.45, 7) is 0. The maximum absolute atomic E-state index is 11.5. The minimum atomic E-state index is -3.91. The lowest BCUT2D eigenvalue weighted by molar-refractivity contribution is 0.0884. The predicted molar refractivity (Wildman–Crippen MR) is 122 cm³/mol. The third kappa shape index (κ3) is 3.67. The number of aromatic nitrogens is 5. The Morgan fingerprint density at radius 1 is 1.15 bits per heavy atom. The SMILES string of the molecule is N#CCC1(n2ccc(-c3nc(-c4ccc(S(N)(=O)=O)nc4)cc4ncccc34)n2)CC(C#N)C1. The lowest BCUT2D eigenvalue weighted by Gasteiger charge is -2.43. The van der Waals surface area contributed by atoms with Crippen LogP contribution in [0.15, 0.2) is 60.0 Å². The van der Waals surface area contributed by atoms with Crippen LogP contribution in [-0.4, -0.2) is 33.2 Å². The zero-order valence-corrected chi connectivity index (χ0v) is 18.6. The van der Waals surface area contributed by atoms with Gasteiger partial charge < -0.3 is 0 Å². The molecule has 10 nitrogen and oxygen atoms in total. The summed E-state index contributed by atoms with van der Waals surface area (Å²) in [7, 11) is -3.91. The van der Waals surface area contributed by atoms with Crippen molar-refractivity contribution in [2.24, 2.45) is 11.1 Å². The molecule has 1 fully saturated rings. The molecule has 0 amide bonds. The van der Waals surface area contributed by atoms with E-state index in [4.69, 9.17) is 15.2 Å². The van der Waals surface area contributed by atoms with E-state index in [1.807, 2.05) is 24.4 Å². The van der Waals surface area contributed by atoms with Gasteiger partial charge in [0.2, 0.25) is 0 Å². The number of nitrogens with two attached hydrogens (primary N) is 1. The minimum Gasteiger partial charge on any atom is -0.265 e. The first-order valence-corrected chi connectivity index (χ1v) is 12.0. The average molecular weight is 471 g/mol. The van der Waals surface area contributed by atoms with E-state index in [9.17, 15) is 18.9 Å². The maximum Gasteiger partial charge on any atom is 0.255 e. The number of nitriles is 2. The largest absolute Gasteiger partial charge is 0.265 e. The van der Waals surface area contributed by atoms with Crippen molar-refractivity contribution in [1.82, 2.24) is 24.7 Å². The van der Waals surface area contributed by atoms with Crippen molar-refractivity contribution in [2.45, 2.75) is 29.8 Å². The van der Waals surface area contributed by atoms with Gasteiger partial charge in [-0.25, -0.2) is 23.5 Å². The van der Waals surface area contributed by atoms with Gasteiger partial charge in [-0.05, 0) is 49.2 Å². The lowest BCUT2D eigenvalue weighted by atomic mass is 9.67. The molecule has 0 radical (unpaired) electrons. The Balaban J connectivity index is 1.60. The van der Waals surface area contributed by atoms with Gasteiger partial charge in [-0.3, -0.25) is 9.67 Å². The molecular weight excluding hydrogens is 452 g/mol. The van der Waals surface area contributed by atoms with E-state index in [0.29, 0.717) is 41.0 Å². The van der Waals surface area contributed by atoms with Crippen LogP contribution in [-0.2, 0) is 15.6 Å². The van der Waals surface area contributed by atoms with Gasteiger partial charge in [0.15, 0.2) is 5.03 Å². The molecule has 1 saturated carbocycles. The second-order valence-electron chi connectivity index (χ2n) is 8.30. The number of pyridine rings is 3. The monoisotopic (exact) mass is 470 g/mol. The van der Waals surface area contributed by atoms with Gasteiger partial charge >= 0.3 is 0 Å². The third-order valence-corrected chi connectivity index (χ3v) is 6.91. The van der Waals surface area contributed by atoms with E-state index in [1.165, 1.54) is 12.3 Å². The average Bonchev–Trinajstić information content (AvgIpc) is 3.30. The van der Waals surface area contributed by atoms with Crippen LogP contribution in [0.4, 0.5) is 0 Å². The van der Waals surface area contributed by atoms with E-state index < -0.39 is 15.6 Å². The molecule has 34 heavy (non-hydrogen) atoms. The highest BCUT2D eigenvalue weighted by Gasteiger charge is 2.46. The van der Waals surface area contributed by atoms with Crippen molar-refractivity contribution in [3.63, 3.8) is 0 Å². The standard InChI is InChI=1S/C23H18N8O2S/c24-7-6-23(11-15(12-23)13-25)31-9-5-18(30-31)22-17-2-1-8-27-20(17)10-19(29-22)16-3-4-21(28-14-16)34(26,32)33/h1-5,8-10,14-15H,6,11-12H2,(H2,26,32,33). The Hall–Kier alpha value is -4.19. The molecule has 4 aromatic heterocycles. The molecule has 0 aromatic carbocycles. The first-order valence-electron chi connectivity index (χ1n) is 10.4. The van der Waals surface area contributed by atoms with Crippen LogP contribution in [0.25, 0.3) is 33.5 Å². The Morgan fingerprint density at radius 2 is 1.97 bits per heavy atom. The smallest absolute Gasteiger partial charge is 0.255 e. The molecule has 168 valence electrons. The molecule has 0 spiro atoms. The normalized spacial score (nSPS) is 19.8. The molecule has 4 heterocycles. The summed E-state index contributed by atoms with van der Waals surface area (Å²) < 4.78 is 24.8. The van der Waals surface area contributed by atoms with Crippen molar-refractivity contribution in [3.05, 3.63) is 55.0 Å². The Kier molecular flexibility index (Phi) is 5.09. The predicted octanol–water partition coefficient (Wildman–Crippen LogP) is 2.75.